The summed E-state index contributed by atoms with van der Waals surface area (Å²) in [7, 11) is 0. The number of rotatable bonds is 4. The Morgan fingerprint density at radius 3 is 2.50 bits per heavy atom. The van der Waals surface area contributed by atoms with Crippen LogP contribution >= 0.6 is 15.9 Å². The summed E-state index contributed by atoms with van der Waals surface area (Å²) < 4.78 is 38.2. The Bertz CT molecular complexity index is 416. The van der Waals surface area contributed by atoms with Crippen molar-refractivity contribution in [3.8, 4) is 0 Å². The molecule has 0 radical (unpaired) electrons. The number of benzene rings is 1. The van der Waals surface area contributed by atoms with E-state index in [-0.39, 0.29) is 11.6 Å². The highest BCUT2D eigenvalue weighted by Gasteiger charge is 2.34. The van der Waals surface area contributed by atoms with Gasteiger partial charge in [-0.1, -0.05) is 35.0 Å². The minimum absolute atomic E-state index is 0.182. The van der Waals surface area contributed by atoms with Crippen LogP contribution in [0.4, 0.5) is 13.2 Å². The molecule has 0 saturated carbocycles. The second kappa shape index (κ2) is 6.22. The van der Waals surface area contributed by atoms with Crippen LogP contribution in [0.1, 0.15) is 29.3 Å². The van der Waals surface area contributed by atoms with Crippen LogP contribution in [-0.2, 0) is 6.18 Å². The number of amides is 1. The zero-order valence-electron chi connectivity index (χ0n) is 9.72. The summed E-state index contributed by atoms with van der Waals surface area (Å²) in [6.45, 7) is 1.85. The van der Waals surface area contributed by atoms with Gasteiger partial charge in [-0.15, -0.1) is 0 Å². The predicted molar refractivity (Wildman–Crippen MR) is 66.8 cm³/mol. The fourth-order valence-corrected chi connectivity index (χ4v) is 2.06. The second-order valence-electron chi connectivity index (χ2n) is 3.78. The third kappa shape index (κ3) is 3.73. The van der Waals surface area contributed by atoms with Gasteiger partial charge in [-0.2, -0.15) is 13.2 Å². The number of nitrogens with one attached hydrogen (secondary N) is 1. The van der Waals surface area contributed by atoms with E-state index in [1.54, 1.807) is 0 Å². The van der Waals surface area contributed by atoms with E-state index in [0.29, 0.717) is 11.8 Å². The molecule has 6 heteroatoms. The molecule has 0 aliphatic rings. The van der Waals surface area contributed by atoms with Gasteiger partial charge in [0.1, 0.15) is 0 Å². The Hall–Kier alpha value is -1.04. The third-order valence-corrected chi connectivity index (χ3v) is 3.27. The number of alkyl halides is 4. The maximum atomic E-state index is 12.7. The van der Waals surface area contributed by atoms with Gasteiger partial charge in [0.25, 0.3) is 5.91 Å². The maximum absolute atomic E-state index is 12.7. The predicted octanol–water partition coefficient (Wildman–Crippen LogP) is 3.61. The highest BCUT2D eigenvalue weighted by Crippen LogP contribution is 2.31. The number of hydrogen-bond donors (Lipinski definition) is 1. The Kier molecular flexibility index (Phi) is 5.19. The maximum Gasteiger partial charge on any atom is 0.417 e. The molecule has 100 valence electrons. The van der Waals surface area contributed by atoms with E-state index in [2.05, 4.69) is 21.2 Å². The summed E-state index contributed by atoms with van der Waals surface area (Å²) in [6.07, 6.45) is -3.88. The molecule has 0 saturated heterocycles. The van der Waals surface area contributed by atoms with Crippen molar-refractivity contribution in [3.05, 3.63) is 35.4 Å². The summed E-state index contributed by atoms with van der Waals surface area (Å²) in [5.41, 5.74) is -1.25. The number of halogens is 4. The van der Waals surface area contributed by atoms with E-state index >= 15 is 0 Å². The number of hydrogen-bond acceptors (Lipinski definition) is 1. The Morgan fingerprint density at radius 2 is 2.00 bits per heavy atom. The minimum Gasteiger partial charge on any atom is -0.348 e. The van der Waals surface area contributed by atoms with Gasteiger partial charge in [0.2, 0.25) is 0 Å². The van der Waals surface area contributed by atoms with Crippen molar-refractivity contribution in [2.45, 2.75) is 25.6 Å². The Morgan fingerprint density at radius 1 is 1.39 bits per heavy atom. The van der Waals surface area contributed by atoms with Crippen molar-refractivity contribution in [1.82, 2.24) is 5.32 Å². The Labute approximate surface area is 112 Å². The molecule has 0 spiro atoms. The van der Waals surface area contributed by atoms with Gasteiger partial charge >= 0.3 is 6.18 Å². The molecule has 0 fully saturated rings. The van der Waals surface area contributed by atoms with Crippen molar-refractivity contribution in [3.63, 3.8) is 0 Å². The summed E-state index contributed by atoms with van der Waals surface area (Å²) >= 11 is 3.20. The fourth-order valence-electron chi connectivity index (χ4n) is 1.44. The van der Waals surface area contributed by atoms with E-state index in [1.807, 2.05) is 6.92 Å². The molecule has 0 aromatic heterocycles. The monoisotopic (exact) mass is 323 g/mol. The minimum atomic E-state index is -4.52. The molecule has 2 nitrogen and oxygen atoms in total. The SMILES string of the molecule is CCC(CBr)NC(=O)c1ccccc1C(F)(F)F. The van der Waals surface area contributed by atoms with Gasteiger partial charge < -0.3 is 5.32 Å². The van der Waals surface area contributed by atoms with Gasteiger partial charge in [-0.05, 0) is 18.6 Å². The average Bonchev–Trinajstić information content (AvgIpc) is 2.34. The summed E-state index contributed by atoms with van der Waals surface area (Å²) in [4.78, 5) is 11.8. The largest absolute Gasteiger partial charge is 0.417 e. The Balaban J connectivity index is 2.99. The van der Waals surface area contributed by atoms with E-state index in [1.165, 1.54) is 18.2 Å². The summed E-state index contributed by atoms with van der Waals surface area (Å²) in [5, 5.41) is 3.06. The zero-order valence-corrected chi connectivity index (χ0v) is 11.3. The standard InChI is InChI=1S/C12H13BrF3NO/c1-2-8(7-13)17-11(18)9-5-3-4-6-10(9)12(14,15)16/h3-6,8H,2,7H2,1H3,(H,17,18). The molecule has 1 unspecified atom stereocenters. The first-order chi connectivity index (χ1) is 8.40. The summed E-state index contributed by atoms with van der Waals surface area (Å²) in [5.74, 6) is -0.700. The van der Waals surface area contributed by atoms with Crippen LogP contribution in [0.15, 0.2) is 24.3 Å². The molecule has 1 aromatic rings. The first kappa shape index (κ1) is 15.0. The third-order valence-electron chi connectivity index (χ3n) is 2.49. The first-order valence-corrected chi connectivity index (χ1v) is 6.55. The first-order valence-electron chi connectivity index (χ1n) is 5.43. The van der Waals surface area contributed by atoms with Gasteiger partial charge in [-0.3, -0.25) is 4.79 Å². The van der Waals surface area contributed by atoms with Gasteiger partial charge in [0, 0.05) is 11.4 Å². The smallest absolute Gasteiger partial charge is 0.348 e. The van der Waals surface area contributed by atoms with Gasteiger partial charge in [-0.25, -0.2) is 0 Å². The highest BCUT2D eigenvalue weighted by atomic mass is 79.9. The number of carbonyl (C=O) groups excluding carboxylic acids is 1. The molecule has 1 atom stereocenters. The van der Waals surface area contributed by atoms with Gasteiger partial charge in [0.15, 0.2) is 0 Å². The highest BCUT2D eigenvalue weighted by molar-refractivity contribution is 9.09. The van der Waals surface area contributed by atoms with Crippen molar-refractivity contribution >= 4 is 21.8 Å². The lowest BCUT2D eigenvalue weighted by atomic mass is 10.1. The van der Waals surface area contributed by atoms with E-state index < -0.39 is 17.6 Å². The molecule has 1 N–H and O–H groups in total. The van der Waals surface area contributed by atoms with Crippen LogP contribution in [0.5, 0.6) is 0 Å². The quantitative estimate of drug-likeness (QED) is 0.843. The van der Waals surface area contributed by atoms with Crippen molar-refractivity contribution < 1.29 is 18.0 Å². The van der Waals surface area contributed by atoms with E-state index in [4.69, 9.17) is 0 Å². The normalized spacial score (nSPS) is 13.2. The molecule has 0 bridgehead atoms. The van der Waals surface area contributed by atoms with Crippen molar-refractivity contribution in [1.29, 1.82) is 0 Å². The average molecular weight is 324 g/mol. The molecule has 1 aromatic carbocycles. The van der Waals surface area contributed by atoms with E-state index in [0.717, 1.165) is 6.07 Å². The lowest BCUT2D eigenvalue weighted by Gasteiger charge is -2.16. The molecule has 0 aliphatic carbocycles. The van der Waals surface area contributed by atoms with Crippen LogP contribution < -0.4 is 5.32 Å². The fraction of sp³-hybridized carbons (Fsp3) is 0.417. The molecule has 0 heterocycles. The topological polar surface area (TPSA) is 29.1 Å². The zero-order chi connectivity index (χ0) is 13.8. The molecular formula is C12H13BrF3NO. The van der Waals surface area contributed by atoms with E-state index in [9.17, 15) is 18.0 Å². The van der Waals surface area contributed by atoms with Gasteiger partial charge in [0.05, 0.1) is 11.1 Å². The molecule has 18 heavy (non-hydrogen) atoms. The summed E-state index contributed by atoms with van der Waals surface area (Å²) in [6, 6.07) is 4.59. The molecule has 1 amide bonds. The number of carbonyl (C=O) groups is 1. The van der Waals surface area contributed by atoms with Crippen molar-refractivity contribution in [2.24, 2.45) is 0 Å². The van der Waals surface area contributed by atoms with Crippen LogP contribution in [0.25, 0.3) is 0 Å². The van der Waals surface area contributed by atoms with Crippen LogP contribution in [0.3, 0.4) is 0 Å². The van der Waals surface area contributed by atoms with Crippen LogP contribution in [-0.4, -0.2) is 17.3 Å². The second-order valence-corrected chi connectivity index (χ2v) is 4.42. The molecule has 0 aliphatic heterocycles. The molecule has 1 rings (SSSR count). The van der Waals surface area contributed by atoms with Crippen molar-refractivity contribution in [2.75, 3.05) is 5.33 Å². The lowest BCUT2D eigenvalue weighted by molar-refractivity contribution is -0.137. The lowest BCUT2D eigenvalue weighted by Crippen LogP contribution is -2.36. The van der Waals surface area contributed by atoms with Crippen LogP contribution in [0, 0.1) is 0 Å². The van der Waals surface area contributed by atoms with Crippen LogP contribution in [0.2, 0.25) is 0 Å². The molecular weight excluding hydrogens is 311 g/mol.